The number of para-hydroxylation sites is 1. The number of likely N-dealkylation sites (tertiary alicyclic amines) is 1. The minimum absolute atomic E-state index is 0.0447. The van der Waals surface area contributed by atoms with Crippen LogP contribution in [0.15, 0.2) is 72.9 Å². The Morgan fingerprint density at radius 1 is 0.976 bits per heavy atom. The van der Waals surface area contributed by atoms with Crippen molar-refractivity contribution >= 4 is 63.7 Å². The SMILES string of the molecule is O=C(N[C@@H](Cc1c[nH]c2ccccc12)C(=O)N1CCC[C@H]1C(=O)Oc1cc(Cl)c(Cl)cc1Cl)OCc1ccccc1. The molecule has 1 aromatic heterocycles. The largest absolute Gasteiger partial charge is 0.445 e. The van der Waals surface area contributed by atoms with Crippen LogP contribution in [-0.2, 0) is 27.4 Å². The number of carbonyl (C=O) groups excluding carboxylic acids is 3. The molecule has 2 amide bonds. The molecule has 2 atom stereocenters. The first-order valence-electron chi connectivity index (χ1n) is 13.0. The Labute approximate surface area is 251 Å². The highest BCUT2D eigenvalue weighted by Crippen LogP contribution is 2.34. The van der Waals surface area contributed by atoms with E-state index in [2.05, 4.69) is 10.3 Å². The van der Waals surface area contributed by atoms with Crippen LogP contribution in [0.25, 0.3) is 10.9 Å². The highest BCUT2D eigenvalue weighted by Gasteiger charge is 2.39. The Hall–Kier alpha value is -3.72. The van der Waals surface area contributed by atoms with Crippen LogP contribution >= 0.6 is 34.8 Å². The number of aromatic nitrogens is 1. The number of H-pyrrole nitrogens is 1. The zero-order chi connectivity index (χ0) is 28.9. The van der Waals surface area contributed by atoms with E-state index in [1.54, 1.807) is 0 Å². The Morgan fingerprint density at radius 2 is 1.71 bits per heavy atom. The molecule has 0 unspecified atom stereocenters. The van der Waals surface area contributed by atoms with Crippen molar-refractivity contribution in [1.82, 2.24) is 15.2 Å². The maximum Gasteiger partial charge on any atom is 0.408 e. The van der Waals surface area contributed by atoms with E-state index in [4.69, 9.17) is 44.3 Å². The number of nitrogens with zero attached hydrogens (tertiary/aromatic N) is 1. The van der Waals surface area contributed by atoms with Gasteiger partial charge < -0.3 is 24.7 Å². The number of nitrogens with one attached hydrogen (secondary N) is 2. The first-order chi connectivity index (χ1) is 19.8. The fourth-order valence-corrected chi connectivity index (χ4v) is 5.44. The third-order valence-corrected chi connectivity index (χ3v) is 7.91. The Balaban J connectivity index is 1.34. The smallest absolute Gasteiger partial charge is 0.408 e. The maximum atomic E-state index is 13.9. The first kappa shape index (κ1) is 28.8. The molecule has 2 N–H and O–H groups in total. The molecule has 212 valence electrons. The number of carbonyl (C=O) groups is 3. The number of aromatic amines is 1. The average molecular weight is 615 g/mol. The van der Waals surface area contributed by atoms with Crippen molar-refractivity contribution in [2.45, 2.75) is 38.0 Å². The second kappa shape index (κ2) is 12.9. The van der Waals surface area contributed by atoms with Crippen LogP contribution in [-0.4, -0.2) is 46.5 Å². The topological polar surface area (TPSA) is 101 Å². The van der Waals surface area contributed by atoms with Crippen LogP contribution in [0.4, 0.5) is 4.79 Å². The molecule has 8 nitrogen and oxygen atoms in total. The Bertz CT molecular complexity index is 1580. The summed E-state index contributed by atoms with van der Waals surface area (Å²) in [7, 11) is 0. The molecule has 3 aromatic carbocycles. The number of alkyl carbamates (subject to hydrolysis) is 1. The minimum Gasteiger partial charge on any atom is -0.445 e. The maximum absolute atomic E-state index is 13.9. The molecule has 4 aromatic rings. The monoisotopic (exact) mass is 613 g/mol. The zero-order valence-electron chi connectivity index (χ0n) is 21.7. The molecule has 0 spiro atoms. The van der Waals surface area contributed by atoms with Crippen LogP contribution < -0.4 is 10.1 Å². The van der Waals surface area contributed by atoms with E-state index in [1.807, 2.05) is 60.8 Å². The molecule has 1 fully saturated rings. The number of amides is 2. The molecule has 0 aliphatic carbocycles. The molecule has 1 saturated heterocycles. The van der Waals surface area contributed by atoms with Gasteiger partial charge in [0.25, 0.3) is 0 Å². The van der Waals surface area contributed by atoms with Crippen LogP contribution in [0.1, 0.15) is 24.0 Å². The van der Waals surface area contributed by atoms with Gasteiger partial charge in [-0.2, -0.15) is 0 Å². The van der Waals surface area contributed by atoms with Gasteiger partial charge in [0.1, 0.15) is 18.7 Å². The van der Waals surface area contributed by atoms with Crippen molar-refractivity contribution < 1.29 is 23.9 Å². The van der Waals surface area contributed by atoms with Gasteiger partial charge in [0.15, 0.2) is 5.75 Å². The highest BCUT2D eigenvalue weighted by molar-refractivity contribution is 6.43. The molecule has 1 aliphatic rings. The second-order valence-electron chi connectivity index (χ2n) is 9.63. The molecular formula is C30H26Cl3N3O5. The molecule has 11 heteroatoms. The van der Waals surface area contributed by atoms with E-state index < -0.39 is 30.1 Å². The fourth-order valence-electron chi connectivity index (χ4n) is 4.86. The summed E-state index contributed by atoms with van der Waals surface area (Å²) in [6, 6.07) is 17.8. The van der Waals surface area contributed by atoms with E-state index in [0.29, 0.717) is 19.4 Å². The summed E-state index contributed by atoms with van der Waals surface area (Å²) < 4.78 is 10.9. The number of hydrogen-bond donors (Lipinski definition) is 2. The van der Waals surface area contributed by atoms with Crippen molar-refractivity contribution in [3.8, 4) is 5.75 Å². The predicted octanol–water partition coefficient (Wildman–Crippen LogP) is 6.56. The summed E-state index contributed by atoms with van der Waals surface area (Å²) in [6.07, 6.45) is 2.22. The van der Waals surface area contributed by atoms with Crippen molar-refractivity contribution in [1.29, 1.82) is 0 Å². The number of rotatable bonds is 8. The Kier molecular flexibility index (Phi) is 9.03. The number of benzene rings is 3. The number of ether oxygens (including phenoxy) is 2. The number of fused-ring (bicyclic) bond motifs is 1. The van der Waals surface area contributed by atoms with Gasteiger partial charge in [-0.15, -0.1) is 0 Å². The van der Waals surface area contributed by atoms with Gasteiger partial charge in [-0.3, -0.25) is 4.79 Å². The summed E-state index contributed by atoms with van der Waals surface area (Å²) >= 11 is 18.3. The standard InChI is InChI=1S/C30H26Cl3N3O5/c31-21-14-23(33)27(15-22(21)32)41-29(38)26-11-6-12-36(26)28(37)25(13-19-16-34-24-10-5-4-9-20(19)24)35-30(39)40-17-18-7-2-1-3-8-18/h1-5,7-10,14-16,25-26,34H,6,11-13,17H2,(H,35,39)/t25-,26-/m0/s1. The molecule has 1 aliphatic heterocycles. The molecule has 0 saturated carbocycles. The minimum atomic E-state index is -1.00. The molecule has 2 heterocycles. The molecular weight excluding hydrogens is 589 g/mol. The normalized spacial score (nSPS) is 15.5. The highest BCUT2D eigenvalue weighted by atomic mass is 35.5. The summed E-state index contributed by atoms with van der Waals surface area (Å²) in [5.74, 6) is -1.04. The molecule has 41 heavy (non-hydrogen) atoms. The van der Waals surface area contributed by atoms with Crippen LogP contribution in [0.2, 0.25) is 15.1 Å². The lowest BCUT2D eigenvalue weighted by Crippen LogP contribution is -2.53. The lowest BCUT2D eigenvalue weighted by Gasteiger charge is -2.28. The second-order valence-corrected chi connectivity index (χ2v) is 10.9. The van der Waals surface area contributed by atoms with E-state index in [0.717, 1.165) is 22.0 Å². The van der Waals surface area contributed by atoms with Crippen molar-refractivity contribution in [2.24, 2.45) is 0 Å². The van der Waals surface area contributed by atoms with Gasteiger partial charge in [-0.05, 0) is 36.1 Å². The first-order valence-corrected chi connectivity index (χ1v) is 14.1. The summed E-state index contributed by atoms with van der Waals surface area (Å²) in [5.41, 5.74) is 2.55. The van der Waals surface area contributed by atoms with Crippen LogP contribution in [0.5, 0.6) is 5.75 Å². The third kappa shape index (κ3) is 6.78. The van der Waals surface area contributed by atoms with Gasteiger partial charge in [0.2, 0.25) is 5.91 Å². The third-order valence-electron chi connectivity index (χ3n) is 6.90. The number of esters is 1. The number of hydrogen-bond acceptors (Lipinski definition) is 5. The van der Waals surface area contributed by atoms with Crippen LogP contribution in [0.3, 0.4) is 0 Å². The zero-order valence-corrected chi connectivity index (χ0v) is 24.0. The van der Waals surface area contributed by atoms with Crippen molar-refractivity contribution in [3.05, 3.63) is 99.1 Å². The molecule has 5 rings (SSSR count). The summed E-state index contributed by atoms with van der Waals surface area (Å²) in [6.45, 7) is 0.364. The van der Waals surface area contributed by atoms with E-state index in [9.17, 15) is 14.4 Å². The van der Waals surface area contributed by atoms with E-state index >= 15 is 0 Å². The lowest BCUT2D eigenvalue weighted by molar-refractivity contribution is -0.147. The van der Waals surface area contributed by atoms with E-state index in [-0.39, 0.29) is 33.8 Å². The lowest BCUT2D eigenvalue weighted by atomic mass is 10.0. The fraction of sp³-hybridized carbons (Fsp3) is 0.233. The van der Waals surface area contributed by atoms with E-state index in [1.165, 1.54) is 17.0 Å². The molecule has 0 radical (unpaired) electrons. The quantitative estimate of drug-likeness (QED) is 0.133. The van der Waals surface area contributed by atoms with Crippen LogP contribution in [0, 0.1) is 0 Å². The van der Waals surface area contributed by atoms with Gasteiger partial charge in [0, 0.05) is 36.1 Å². The van der Waals surface area contributed by atoms with Gasteiger partial charge >= 0.3 is 12.1 Å². The van der Waals surface area contributed by atoms with Gasteiger partial charge in [0.05, 0.1) is 15.1 Å². The van der Waals surface area contributed by atoms with Crippen molar-refractivity contribution in [2.75, 3.05) is 6.54 Å². The predicted molar refractivity (Wildman–Crippen MR) is 157 cm³/mol. The van der Waals surface area contributed by atoms with Crippen molar-refractivity contribution in [3.63, 3.8) is 0 Å². The summed E-state index contributed by atoms with van der Waals surface area (Å²) in [5, 5.41) is 4.17. The van der Waals surface area contributed by atoms with Gasteiger partial charge in [-0.1, -0.05) is 83.3 Å². The average Bonchev–Trinajstić information content (AvgIpc) is 3.62. The van der Waals surface area contributed by atoms with Gasteiger partial charge in [-0.25, -0.2) is 9.59 Å². The molecule has 0 bridgehead atoms. The summed E-state index contributed by atoms with van der Waals surface area (Å²) in [4.78, 5) is 44.6. The number of halogens is 3. The Morgan fingerprint density at radius 3 is 2.51 bits per heavy atom.